The first-order valence-corrected chi connectivity index (χ1v) is 9.59. The molecule has 2 N–H and O–H groups in total. The smallest absolute Gasteiger partial charge is 0.256 e. The quantitative estimate of drug-likeness (QED) is 0.727. The van der Waals surface area contributed by atoms with Gasteiger partial charge in [-0.05, 0) is 43.2 Å². The van der Waals surface area contributed by atoms with Gasteiger partial charge in [-0.15, -0.1) is 0 Å². The molecule has 0 unspecified atom stereocenters. The van der Waals surface area contributed by atoms with Crippen molar-refractivity contribution in [2.75, 3.05) is 32.0 Å². The number of rotatable bonds is 8. The van der Waals surface area contributed by atoms with E-state index in [0.717, 1.165) is 34.4 Å². The molecule has 0 aliphatic carbocycles. The number of carbonyl (C=O) groups is 1. The molecule has 0 radical (unpaired) electrons. The Bertz CT molecular complexity index is 715. The average molecular weight is 381 g/mol. The predicted octanol–water partition coefficient (Wildman–Crippen LogP) is 3.96. The highest BCUT2D eigenvalue weighted by molar-refractivity contribution is 7.10. The minimum Gasteiger partial charge on any atom is -0.378 e. The standard InChI is InChI=1S/C18H25ClN4OS/c1-5-23(6-2)15(13-9-7-8-10-14(13)19)11-21-17(24)16-12(3)22-25-18(16)20-4/h7-10,15,20H,5-6,11H2,1-4H3,(H,21,24)/t15-/m0/s1. The molecule has 7 heteroatoms. The van der Waals surface area contributed by atoms with Crippen LogP contribution in [-0.2, 0) is 0 Å². The highest BCUT2D eigenvalue weighted by Crippen LogP contribution is 2.28. The van der Waals surface area contributed by atoms with Gasteiger partial charge in [0.2, 0.25) is 0 Å². The van der Waals surface area contributed by atoms with Gasteiger partial charge < -0.3 is 10.6 Å². The summed E-state index contributed by atoms with van der Waals surface area (Å²) in [7, 11) is 1.80. The van der Waals surface area contributed by atoms with Crippen LogP contribution in [0.15, 0.2) is 24.3 Å². The number of carbonyl (C=O) groups excluding carboxylic acids is 1. The fourth-order valence-electron chi connectivity index (χ4n) is 2.93. The minimum atomic E-state index is -0.111. The Kier molecular flexibility index (Phi) is 7.23. The molecule has 2 rings (SSSR count). The van der Waals surface area contributed by atoms with Crippen LogP contribution in [0.2, 0.25) is 5.02 Å². The Labute approximate surface area is 158 Å². The molecule has 2 aromatic rings. The second-order valence-electron chi connectivity index (χ2n) is 5.69. The predicted molar refractivity (Wildman–Crippen MR) is 106 cm³/mol. The van der Waals surface area contributed by atoms with Crippen molar-refractivity contribution >= 4 is 34.0 Å². The van der Waals surface area contributed by atoms with E-state index in [1.54, 1.807) is 7.05 Å². The molecule has 0 bridgehead atoms. The number of benzene rings is 1. The normalized spacial score (nSPS) is 12.2. The van der Waals surface area contributed by atoms with E-state index in [2.05, 4.69) is 33.8 Å². The molecule has 5 nitrogen and oxygen atoms in total. The number of anilines is 1. The summed E-state index contributed by atoms with van der Waals surface area (Å²) < 4.78 is 4.26. The molecule has 1 heterocycles. The van der Waals surface area contributed by atoms with Gasteiger partial charge in [-0.3, -0.25) is 9.69 Å². The summed E-state index contributed by atoms with van der Waals surface area (Å²) in [6.07, 6.45) is 0. The SMILES string of the molecule is CCN(CC)[C@@H](CNC(=O)c1c(C)nsc1NC)c1ccccc1Cl. The molecule has 0 fully saturated rings. The fourth-order valence-corrected chi connectivity index (χ4v) is 3.94. The zero-order valence-electron chi connectivity index (χ0n) is 15.1. The van der Waals surface area contributed by atoms with Crippen LogP contribution in [0.3, 0.4) is 0 Å². The third-order valence-electron chi connectivity index (χ3n) is 4.29. The molecule has 1 aromatic heterocycles. The number of nitrogens with zero attached hydrogens (tertiary/aromatic N) is 2. The van der Waals surface area contributed by atoms with Gasteiger partial charge >= 0.3 is 0 Å². The van der Waals surface area contributed by atoms with Crippen molar-refractivity contribution in [1.82, 2.24) is 14.6 Å². The van der Waals surface area contributed by atoms with Crippen LogP contribution in [0.4, 0.5) is 5.00 Å². The summed E-state index contributed by atoms with van der Waals surface area (Å²) in [6.45, 7) is 8.32. The highest BCUT2D eigenvalue weighted by Gasteiger charge is 2.23. The molecule has 136 valence electrons. The topological polar surface area (TPSA) is 57.3 Å². The van der Waals surface area contributed by atoms with Gasteiger partial charge in [-0.25, -0.2) is 0 Å². The Morgan fingerprint density at radius 1 is 1.32 bits per heavy atom. The van der Waals surface area contributed by atoms with Gasteiger partial charge in [-0.1, -0.05) is 43.6 Å². The van der Waals surface area contributed by atoms with Gasteiger partial charge in [0, 0.05) is 18.6 Å². The number of aryl methyl sites for hydroxylation is 1. The van der Waals surface area contributed by atoms with Crippen LogP contribution < -0.4 is 10.6 Å². The zero-order valence-corrected chi connectivity index (χ0v) is 16.7. The van der Waals surface area contributed by atoms with Crippen LogP contribution in [0.25, 0.3) is 0 Å². The van der Waals surface area contributed by atoms with Crippen LogP contribution in [0.5, 0.6) is 0 Å². The zero-order chi connectivity index (χ0) is 18.4. The van der Waals surface area contributed by atoms with Crippen LogP contribution in [0, 0.1) is 6.92 Å². The number of hydrogen-bond acceptors (Lipinski definition) is 5. The van der Waals surface area contributed by atoms with E-state index in [-0.39, 0.29) is 11.9 Å². The monoisotopic (exact) mass is 380 g/mol. The molecule has 0 spiro atoms. The van der Waals surface area contributed by atoms with Crippen LogP contribution in [0.1, 0.15) is 41.5 Å². The molecule has 0 saturated carbocycles. The Hall–Kier alpha value is -1.63. The molecule has 0 aliphatic rings. The van der Waals surface area contributed by atoms with Crippen molar-refractivity contribution in [3.05, 3.63) is 46.1 Å². The first-order chi connectivity index (χ1) is 12.0. The number of halogens is 1. The Balaban J connectivity index is 2.21. The average Bonchev–Trinajstić information content (AvgIpc) is 3.00. The van der Waals surface area contributed by atoms with Gasteiger partial charge in [0.1, 0.15) is 5.00 Å². The van der Waals surface area contributed by atoms with Crippen molar-refractivity contribution in [3.8, 4) is 0 Å². The maximum absolute atomic E-state index is 12.7. The van der Waals surface area contributed by atoms with E-state index in [0.29, 0.717) is 12.1 Å². The summed E-state index contributed by atoms with van der Waals surface area (Å²) in [5.41, 5.74) is 2.39. The first-order valence-electron chi connectivity index (χ1n) is 8.44. The number of nitrogens with one attached hydrogen (secondary N) is 2. The first kappa shape index (κ1) is 19.7. The number of likely N-dealkylation sites (N-methyl/N-ethyl adjacent to an activating group) is 1. The van der Waals surface area contributed by atoms with Crippen molar-refractivity contribution in [2.45, 2.75) is 26.8 Å². The summed E-state index contributed by atoms with van der Waals surface area (Å²) in [6, 6.07) is 7.84. The van der Waals surface area contributed by atoms with E-state index in [1.165, 1.54) is 11.5 Å². The summed E-state index contributed by atoms with van der Waals surface area (Å²) in [5, 5.41) is 7.60. The maximum Gasteiger partial charge on any atom is 0.256 e. The van der Waals surface area contributed by atoms with Crippen molar-refractivity contribution in [3.63, 3.8) is 0 Å². The molecule has 1 amide bonds. The maximum atomic E-state index is 12.7. The lowest BCUT2D eigenvalue weighted by Gasteiger charge is -2.31. The second kappa shape index (κ2) is 9.17. The van der Waals surface area contributed by atoms with E-state index in [9.17, 15) is 4.79 Å². The molecule has 1 aromatic carbocycles. The van der Waals surface area contributed by atoms with Crippen LogP contribution in [-0.4, -0.2) is 41.9 Å². The van der Waals surface area contributed by atoms with E-state index in [1.807, 2.05) is 31.2 Å². The van der Waals surface area contributed by atoms with E-state index in [4.69, 9.17) is 11.6 Å². The van der Waals surface area contributed by atoms with Gasteiger partial charge in [0.25, 0.3) is 5.91 Å². The molecular weight excluding hydrogens is 356 g/mol. The molecule has 25 heavy (non-hydrogen) atoms. The lowest BCUT2D eigenvalue weighted by molar-refractivity contribution is 0.0935. The largest absolute Gasteiger partial charge is 0.378 e. The van der Waals surface area contributed by atoms with Gasteiger partial charge in [0.05, 0.1) is 17.3 Å². The number of aromatic nitrogens is 1. The number of hydrogen-bond donors (Lipinski definition) is 2. The lowest BCUT2D eigenvalue weighted by Crippen LogP contribution is -2.38. The highest BCUT2D eigenvalue weighted by atomic mass is 35.5. The summed E-state index contributed by atoms with van der Waals surface area (Å²) in [5.74, 6) is -0.111. The lowest BCUT2D eigenvalue weighted by atomic mass is 10.0. The molecule has 0 aliphatic heterocycles. The van der Waals surface area contributed by atoms with Crippen molar-refractivity contribution in [2.24, 2.45) is 0 Å². The van der Waals surface area contributed by atoms with Crippen molar-refractivity contribution in [1.29, 1.82) is 0 Å². The molecule has 0 saturated heterocycles. The third kappa shape index (κ3) is 4.51. The second-order valence-corrected chi connectivity index (χ2v) is 6.87. The Morgan fingerprint density at radius 3 is 2.60 bits per heavy atom. The van der Waals surface area contributed by atoms with E-state index >= 15 is 0 Å². The molecule has 1 atom stereocenters. The number of amides is 1. The summed E-state index contributed by atoms with van der Waals surface area (Å²) in [4.78, 5) is 15.0. The van der Waals surface area contributed by atoms with Crippen LogP contribution >= 0.6 is 23.1 Å². The van der Waals surface area contributed by atoms with Gasteiger partial charge in [0.15, 0.2) is 0 Å². The van der Waals surface area contributed by atoms with E-state index < -0.39 is 0 Å². The molecular formula is C18H25ClN4OS. The minimum absolute atomic E-state index is 0.0255. The Morgan fingerprint density at radius 2 is 2.00 bits per heavy atom. The summed E-state index contributed by atoms with van der Waals surface area (Å²) >= 11 is 7.71. The third-order valence-corrected chi connectivity index (χ3v) is 5.59. The van der Waals surface area contributed by atoms with Gasteiger partial charge in [-0.2, -0.15) is 4.37 Å². The van der Waals surface area contributed by atoms with Crippen molar-refractivity contribution < 1.29 is 4.79 Å². The fraction of sp³-hybridized carbons (Fsp3) is 0.444.